The molecule has 2 rings (SSSR count). The molecule has 0 saturated heterocycles. The van der Waals surface area contributed by atoms with E-state index in [1.807, 2.05) is 48.5 Å². The summed E-state index contributed by atoms with van der Waals surface area (Å²) < 4.78 is 5.25. The molecule has 2 N–H and O–H groups in total. The van der Waals surface area contributed by atoms with E-state index in [1.165, 1.54) is 0 Å². The standard InChI is InChI=1S/C21H25N3O3/c1-21(2,3)27-20(26)24-14-18(19(25)23-12-6-11-22)17-10-9-15-7-4-5-8-16(15)13-17/h4-5,7-10,13,18H,6,12,14H2,1-3H3,(H,23,25)(H,24,26). The van der Waals surface area contributed by atoms with Crippen molar-refractivity contribution in [1.82, 2.24) is 10.6 Å². The first-order chi connectivity index (χ1) is 12.8. The number of carbonyl (C=O) groups excluding carboxylic acids is 2. The fourth-order valence-corrected chi connectivity index (χ4v) is 2.65. The Morgan fingerprint density at radius 3 is 2.48 bits per heavy atom. The molecule has 6 heteroatoms. The van der Waals surface area contributed by atoms with Gasteiger partial charge < -0.3 is 15.4 Å². The van der Waals surface area contributed by atoms with Gasteiger partial charge in [-0.05, 0) is 37.1 Å². The Balaban J connectivity index is 2.18. The van der Waals surface area contributed by atoms with Crippen LogP contribution in [-0.4, -0.2) is 30.7 Å². The van der Waals surface area contributed by atoms with E-state index in [0.717, 1.165) is 16.3 Å². The lowest BCUT2D eigenvalue weighted by Gasteiger charge is -2.22. The summed E-state index contributed by atoms with van der Waals surface area (Å²) in [6.07, 6.45) is -0.339. The van der Waals surface area contributed by atoms with Gasteiger partial charge >= 0.3 is 6.09 Å². The first-order valence-electron chi connectivity index (χ1n) is 8.90. The van der Waals surface area contributed by atoms with Crippen molar-refractivity contribution in [1.29, 1.82) is 5.26 Å². The van der Waals surface area contributed by atoms with Gasteiger partial charge in [0.1, 0.15) is 5.60 Å². The van der Waals surface area contributed by atoms with Crippen LogP contribution in [0.25, 0.3) is 10.8 Å². The van der Waals surface area contributed by atoms with Gasteiger partial charge in [0.2, 0.25) is 5.91 Å². The lowest BCUT2D eigenvalue weighted by molar-refractivity contribution is -0.122. The third-order valence-corrected chi connectivity index (χ3v) is 3.88. The van der Waals surface area contributed by atoms with E-state index >= 15 is 0 Å². The number of hydrogen-bond donors (Lipinski definition) is 2. The zero-order valence-electron chi connectivity index (χ0n) is 15.9. The van der Waals surface area contributed by atoms with Gasteiger partial charge in [0.15, 0.2) is 0 Å². The van der Waals surface area contributed by atoms with Gasteiger partial charge in [-0.15, -0.1) is 0 Å². The third-order valence-electron chi connectivity index (χ3n) is 3.88. The van der Waals surface area contributed by atoms with Crippen LogP contribution in [0.2, 0.25) is 0 Å². The van der Waals surface area contributed by atoms with E-state index in [-0.39, 0.29) is 25.4 Å². The van der Waals surface area contributed by atoms with E-state index < -0.39 is 17.6 Å². The number of amides is 2. The van der Waals surface area contributed by atoms with E-state index in [1.54, 1.807) is 20.8 Å². The van der Waals surface area contributed by atoms with Gasteiger partial charge in [-0.1, -0.05) is 42.5 Å². The average molecular weight is 367 g/mol. The molecule has 2 amide bonds. The number of rotatable bonds is 6. The fourth-order valence-electron chi connectivity index (χ4n) is 2.65. The highest BCUT2D eigenvalue weighted by Crippen LogP contribution is 2.22. The predicted octanol–water partition coefficient (Wildman–Crippen LogP) is 3.48. The molecule has 0 aliphatic rings. The molecule has 1 atom stereocenters. The Morgan fingerprint density at radius 1 is 1.11 bits per heavy atom. The number of nitriles is 1. The van der Waals surface area contributed by atoms with Crippen LogP contribution < -0.4 is 10.6 Å². The number of nitrogens with one attached hydrogen (secondary N) is 2. The van der Waals surface area contributed by atoms with Gasteiger partial charge in [0, 0.05) is 13.1 Å². The second-order valence-electron chi connectivity index (χ2n) is 7.24. The fraction of sp³-hybridized carbons (Fsp3) is 0.381. The molecule has 142 valence electrons. The summed E-state index contributed by atoms with van der Waals surface area (Å²) in [5.41, 5.74) is 0.177. The van der Waals surface area contributed by atoms with Crippen LogP contribution in [0.15, 0.2) is 42.5 Å². The van der Waals surface area contributed by atoms with Gasteiger partial charge in [0.05, 0.1) is 18.4 Å². The van der Waals surface area contributed by atoms with Gasteiger partial charge in [-0.3, -0.25) is 4.79 Å². The topological polar surface area (TPSA) is 91.2 Å². The SMILES string of the molecule is CC(C)(C)OC(=O)NCC(C(=O)NCCC#N)c1ccc2ccccc2c1. The molecule has 2 aromatic carbocycles. The van der Waals surface area contributed by atoms with Crippen molar-refractivity contribution < 1.29 is 14.3 Å². The molecule has 27 heavy (non-hydrogen) atoms. The maximum absolute atomic E-state index is 12.6. The first kappa shape index (κ1) is 20.2. The van der Waals surface area contributed by atoms with Crippen molar-refractivity contribution in [2.45, 2.75) is 38.7 Å². The Labute approximate surface area is 159 Å². The maximum atomic E-state index is 12.6. The molecule has 0 aromatic heterocycles. The van der Waals surface area contributed by atoms with Crippen LogP contribution in [0.1, 0.15) is 38.7 Å². The summed E-state index contributed by atoms with van der Waals surface area (Å²) in [7, 11) is 0. The van der Waals surface area contributed by atoms with Crippen molar-refractivity contribution >= 4 is 22.8 Å². The van der Waals surface area contributed by atoms with Crippen LogP contribution in [0.5, 0.6) is 0 Å². The van der Waals surface area contributed by atoms with Gasteiger partial charge in [0.25, 0.3) is 0 Å². The predicted molar refractivity (Wildman–Crippen MR) is 104 cm³/mol. The largest absolute Gasteiger partial charge is 0.444 e. The first-order valence-corrected chi connectivity index (χ1v) is 8.90. The molecule has 0 saturated carbocycles. The minimum atomic E-state index is -0.614. The number of hydrogen-bond acceptors (Lipinski definition) is 4. The highest BCUT2D eigenvalue weighted by molar-refractivity contribution is 5.88. The van der Waals surface area contributed by atoms with E-state index in [0.29, 0.717) is 0 Å². The quantitative estimate of drug-likeness (QED) is 0.765. The van der Waals surface area contributed by atoms with Crippen LogP contribution in [-0.2, 0) is 9.53 Å². The van der Waals surface area contributed by atoms with Crippen molar-refractivity contribution in [2.24, 2.45) is 0 Å². The summed E-state index contributed by atoms with van der Waals surface area (Å²) in [5.74, 6) is -0.822. The van der Waals surface area contributed by atoms with Crippen LogP contribution in [0, 0.1) is 11.3 Å². The molecule has 0 spiro atoms. The van der Waals surface area contributed by atoms with Crippen molar-refractivity contribution in [3.8, 4) is 6.07 Å². The molecular weight excluding hydrogens is 342 g/mol. The number of fused-ring (bicyclic) bond motifs is 1. The van der Waals surface area contributed by atoms with Gasteiger partial charge in [-0.25, -0.2) is 4.79 Å². The molecule has 0 aliphatic heterocycles. The number of benzene rings is 2. The summed E-state index contributed by atoms with van der Waals surface area (Å²) in [6, 6.07) is 15.6. The Bertz CT molecular complexity index is 850. The molecule has 0 radical (unpaired) electrons. The number of nitrogens with zero attached hydrogens (tertiary/aromatic N) is 1. The number of carbonyl (C=O) groups is 2. The Hall–Kier alpha value is -3.07. The summed E-state index contributed by atoms with van der Waals surface area (Å²) in [6.45, 7) is 5.71. The summed E-state index contributed by atoms with van der Waals surface area (Å²) >= 11 is 0. The van der Waals surface area contributed by atoms with E-state index in [9.17, 15) is 9.59 Å². The lowest BCUT2D eigenvalue weighted by atomic mass is 9.95. The average Bonchev–Trinajstić information content (AvgIpc) is 2.60. The van der Waals surface area contributed by atoms with E-state index in [4.69, 9.17) is 10.00 Å². The molecule has 0 fully saturated rings. The van der Waals surface area contributed by atoms with Crippen LogP contribution >= 0.6 is 0 Å². The smallest absolute Gasteiger partial charge is 0.407 e. The molecular formula is C21H25N3O3. The van der Waals surface area contributed by atoms with Crippen molar-refractivity contribution in [3.63, 3.8) is 0 Å². The second kappa shape index (κ2) is 9.04. The lowest BCUT2D eigenvalue weighted by Crippen LogP contribution is -2.39. The highest BCUT2D eigenvalue weighted by atomic mass is 16.6. The summed E-state index contributed by atoms with van der Waals surface area (Å²) in [4.78, 5) is 24.6. The molecule has 1 unspecified atom stereocenters. The number of ether oxygens (including phenoxy) is 1. The molecule has 0 aliphatic carbocycles. The third kappa shape index (κ3) is 6.30. The zero-order chi connectivity index (χ0) is 19.9. The van der Waals surface area contributed by atoms with Crippen molar-refractivity contribution in [2.75, 3.05) is 13.1 Å². The molecule has 6 nitrogen and oxygen atoms in total. The minimum absolute atomic E-state index is 0.103. The van der Waals surface area contributed by atoms with Gasteiger partial charge in [-0.2, -0.15) is 5.26 Å². The minimum Gasteiger partial charge on any atom is -0.444 e. The maximum Gasteiger partial charge on any atom is 0.407 e. The Morgan fingerprint density at radius 2 is 1.81 bits per heavy atom. The highest BCUT2D eigenvalue weighted by Gasteiger charge is 2.23. The van der Waals surface area contributed by atoms with Crippen LogP contribution in [0.4, 0.5) is 4.79 Å². The van der Waals surface area contributed by atoms with E-state index in [2.05, 4.69) is 10.6 Å². The van der Waals surface area contributed by atoms with Crippen LogP contribution in [0.3, 0.4) is 0 Å². The number of alkyl carbamates (subject to hydrolysis) is 1. The zero-order valence-corrected chi connectivity index (χ0v) is 15.9. The molecule has 0 heterocycles. The molecule has 2 aromatic rings. The normalized spacial score (nSPS) is 12.1. The van der Waals surface area contributed by atoms with Crippen molar-refractivity contribution in [3.05, 3.63) is 48.0 Å². The Kier molecular flexibility index (Phi) is 6.78. The monoisotopic (exact) mass is 367 g/mol. The molecule has 0 bridgehead atoms. The summed E-state index contributed by atoms with van der Waals surface area (Å²) in [5, 5.41) is 16.2. The second-order valence-corrected chi connectivity index (χ2v) is 7.24.